The minimum absolute atomic E-state index is 0.0273. The molecule has 0 saturated carbocycles. The number of alkyl halides is 3. The van der Waals surface area contributed by atoms with E-state index in [2.05, 4.69) is 0 Å². The number of hydrogen-bond acceptors (Lipinski definition) is 5. The molecule has 0 N–H and O–H groups in total. The first-order valence-corrected chi connectivity index (χ1v) is 8.81. The zero-order chi connectivity index (χ0) is 22.4. The average Bonchev–Trinajstić information content (AvgIpc) is 3.07. The molecule has 0 unspecified atom stereocenters. The van der Waals surface area contributed by atoms with Gasteiger partial charge in [-0.05, 0) is 38.1 Å². The number of hydrogen-bond donors (Lipinski definition) is 0. The van der Waals surface area contributed by atoms with Crippen LogP contribution in [0, 0.1) is 13.8 Å². The van der Waals surface area contributed by atoms with Crippen LogP contribution in [0.2, 0.25) is 0 Å². The number of fused-ring (bicyclic) bond motifs is 1. The fraction of sp³-hybridized carbons (Fsp3) is 0.300. The number of halogens is 3. The summed E-state index contributed by atoms with van der Waals surface area (Å²) in [5, 5.41) is 0. The Kier molecular flexibility index (Phi) is 5.27. The quantitative estimate of drug-likeness (QED) is 0.420. The lowest BCUT2D eigenvalue weighted by Gasteiger charge is -2.12. The highest BCUT2D eigenvalue weighted by Gasteiger charge is 2.33. The fourth-order valence-corrected chi connectivity index (χ4v) is 3.29. The van der Waals surface area contributed by atoms with Crippen LogP contribution in [0.15, 0.2) is 24.3 Å². The molecule has 1 aliphatic heterocycles. The number of esters is 1. The predicted molar refractivity (Wildman–Crippen MR) is 97.4 cm³/mol. The number of ketones is 1. The van der Waals surface area contributed by atoms with E-state index in [9.17, 15) is 32.3 Å². The highest BCUT2D eigenvalue weighted by atomic mass is 19.4. The molecule has 0 atom stereocenters. The summed E-state index contributed by atoms with van der Waals surface area (Å²) in [4.78, 5) is 49.5. The number of amides is 2. The van der Waals surface area contributed by atoms with Crippen LogP contribution in [0.1, 0.15) is 52.8 Å². The van der Waals surface area contributed by atoms with Crippen molar-refractivity contribution in [1.29, 1.82) is 0 Å². The second-order valence-electron chi connectivity index (χ2n) is 6.92. The Morgan fingerprint density at radius 3 is 2.30 bits per heavy atom. The first-order valence-electron chi connectivity index (χ1n) is 8.81. The van der Waals surface area contributed by atoms with E-state index in [4.69, 9.17) is 4.74 Å². The van der Waals surface area contributed by atoms with Crippen molar-refractivity contribution in [3.8, 4) is 0 Å². The summed E-state index contributed by atoms with van der Waals surface area (Å²) >= 11 is 0. The van der Waals surface area contributed by atoms with Crippen molar-refractivity contribution in [3.63, 3.8) is 0 Å². The van der Waals surface area contributed by atoms with E-state index in [-0.39, 0.29) is 33.6 Å². The maximum atomic E-state index is 12.7. The molecule has 0 aliphatic carbocycles. The van der Waals surface area contributed by atoms with Crippen molar-refractivity contribution in [1.82, 2.24) is 9.47 Å². The van der Waals surface area contributed by atoms with Crippen molar-refractivity contribution >= 4 is 23.6 Å². The summed E-state index contributed by atoms with van der Waals surface area (Å²) in [7, 11) is 1.32. The Morgan fingerprint density at radius 2 is 1.67 bits per heavy atom. The van der Waals surface area contributed by atoms with Crippen molar-refractivity contribution in [2.45, 2.75) is 26.6 Å². The third-order valence-electron chi connectivity index (χ3n) is 4.87. The van der Waals surface area contributed by atoms with Gasteiger partial charge in [-0.15, -0.1) is 0 Å². The summed E-state index contributed by atoms with van der Waals surface area (Å²) in [6.45, 7) is 0.919. The predicted octanol–water partition coefficient (Wildman–Crippen LogP) is 2.93. The molecule has 0 spiro atoms. The Balaban J connectivity index is 1.72. The number of imide groups is 1. The third-order valence-corrected chi connectivity index (χ3v) is 4.87. The van der Waals surface area contributed by atoms with Gasteiger partial charge in [0.15, 0.2) is 6.61 Å². The summed E-state index contributed by atoms with van der Waals surface area (Å²) in [6, 6.07) is 5.14. The van der Waals surface area contributed by atoms with Crippen molar-refractivity contribution < 1.29 is 37.1 Å². The first-order chi connectivity index (χ1) is 13.9. The SMILES string of the molecule is Cc1cc(C(=O)COC(=O)c2ccc3c(c2)C(=O)N(C)C3=O)c(C)n1CC(F)(F)F. The molecule has 7 nitrogen and oxygen atoms in total. The number of carbonyl (C=O) groups is 4. The molecule has 30 heavy (non-hydrogen) atoms. The molecule has 0 saturated heterocycles. The van der Waals surface area contributed by atoms with Gasteiger partial charge in [-0.1, -0.05) is 0 Å². The Bertz CT molecular complexity index is 1080. The standard InChI is InChI=1S/C20H17F3N2O5/c1-10-6-14(11(2)25(10)9-20(21,22)23)16(26)8-30-19(29)12-4-5-13-15(7-12)18(28)24(3)17(13)27/h4-7H,8-9H2,1-3H3. The van der Waals surface area contributed by atoms with Crippen LogP contribution < -0.4 is 0 Å². The number of aryl methyl sites for hydroxylation is 1. The maximum Gasteiger partial charge on any atom is 0.406 e. The summed E-state index contributed by atoms with van der Waals surface area (Å²) in [5.41, 5.74) is 0.591. The van der Waals surface area contributed by atoms with Crippen molar-refractivity contribution in [2.75, 3.05) is 13.7 Å². The van der Waals surface area contributed by atoms with E-state index < -0.39 is 42.9 Å². The van der Waals surface area contributed by atoms with Crippen LogP contribution in [-0.2, 0) is 11.3 Å². The van der Waals surface area contributed by atoms with E-state index in [0.717, 1.165) is 9.47 Å². The number of benzene rings is 1. The van der Waals surface area contributed by atoms with Gasteiger partial charge in [0.25, 0.3) is 11.8 Å². The Morgan fingerprint density at radius 1 is 1.03 bits per heavy atom. The van der Waals surface area contributed by atoms with Crippen LogP contribution in [-0.4, -0.2) is 52.9 Å². The summed E-state index contributed by atoms with van der Waals surface area (Å²) < 4.78 is 44.0. The topological polar surface area (TPSA) is 85.7 Å². The monoisotopic (exact) mass is 422 g/mol. The molecule has 0 bridgehead atoms. The van der Waals surface area contributed by atoms with Gasteiger partial charge in [-0.25, -0.2) is 4.79 Å². The van der Waals surface area contributed by atoms with E-state index in [1.807, 2.05) is 0 Å². The molecular formula is C20H17F3N2O5. The zero-order valence-electron chi connectivity index (χ0n) is 16.3. The first kappa shape index (κ1) is 21.3. The van der Waals surface area contributed by atoms with Gasteiger partial charge in [-0.3, -0.25) is 19.3 Å². The van der Waals surface area contributed by atoms with Gasteiger partial charge in [0.1, 0.15) is 6.54 Å². The molecule has 2 amide bonds. The number of rotatable bonds is 5. The van der Waals surface area contributed by atoms with Crippen molar-refractivity contribution in [3.05, 3.63) is 57.9 Å². The smallest absolute Gasteiger partial charge is 0.406 e. The molecule has 158 valence electrons. The van der Waals surface area contributed by atoms with Gasteiger partial charge in [0, 0.05) is 24.0 Å². The van der Waals surface area contributed by atoms with Gasteiger partial charge >= 0.3 is 12.1 Å². The minimum atomic E-state index is -4.44. The fourth-order valence-electron chi connectivity index (χ4n) is 3.29. The number of carbonyl (C=O) groups excluding carboxylic acids is 4. The number of Topliss-reactive ketones (excluding diaryl/α,β-unsaturated/α-hetero) is 1. The number of ether oxygens (including phenoxy) is 1. The van der Waals surface area contributed by atoms with Gasteiger partial charge in [0.05, 0.1) is 16.7 Å². The molecule has 1 aromatic carbocycles. The van der Waals surface area contributed by atoms with Crippen LogP contribution in [0.4, 0.5) is 13.2 Å². The lowest BCUT2D eigenvalue weighted by atomic mass is 10.1. The van der Waals surface area contributed by atoms with Gasteiger partial charge in [-0.2, -0.15) is 13.2 Å². The summed E-state index contributed by atoms with van der Waals surface area (Å²) in [6.07, 6.45) is -4.44. The van der Waals surface area contributed by atoms with Gasteiger partial charge < -0.3 is 9.30 Å². The number of nitrogens with zero attached hydrogens (tertiary/aromatic N) is 2. The zero-order valence-corrected chi connectivity index (χ0v) is 16.3. The molecular weight excluding hydrogens is 405 g/mol. The maximum absolute atomic E-state index is 12.7. The van der Waals surface area contributed by atoms with E-state index in [1.54, 1.807) is 0 Å². The largest absolute Gasteiger partial charge is 0.454 e. The van der Waals surface area contributed by atoms with Crippen LogP contribution in [0.5, 0.6) is 0 Å². The molecule has 3 rings (SSSR count). The number of aromatic nitrogens is 1. The van der Waals surface area contributed by atoms with E-state index in [0.29, 0.717) is 0 Å². The normalized spacial score (nSPS) is 13.6. The molecule has 0 fully saturated rings. The highest BCUT2D eigenvalue weighted by molar-refractivity contribution is 6.21. The molecule has 10 heteroatoms. The van der Waals surface area contributed by atoms with Crippen LogP contribution in [0.3, 0.4) is 0 Å². The van der Waals surface area contributed by atoms with E-state index in [1.165, 1.54) is 45.2 Å². The Labute approximate surface area is 169 Å². The molecule has 2 aromatic rings. The lowest BCUT2D eigenvalue weighted by molar-refractivity contribution is -0.141. The molecule has 0 radical (unpaired) electrons. The third kappa shape index (κ3) is 3.85. The lowest BCUT2D eigenvalue weighted by Crippen LogP contribution is -2.24. The second-order valence-corrected chi connectivity index (χ2v) is 6.92. The molecule has 1 aliphatic rings. The van der Waals surface area contributed by atoms with Crippen molar-refractivity contribution in [2.24, 2.45) is 0 Å². The van der Waals surface area contributed by atoms with Gasteiger partial charge in [0.2, 0.25) is 5.78 Å². The second kappa shape index (κ2) is 7.43. The average molecular weight is 422 g/mol. The molecule has 1 aromatic heterocycles. The van der Waals surface area contributed by atoms with Crippen LogP contribution in [0.25, 0.3) is 0 Å². The Hall–Kier alpha value is -3.43. The summed E-state index contributed by atoms with van der Waals surface area (Å²) in [5.74, 6) is -2.60. The highest BCUT2D eigenvalue weighted by Crippen LogP contribution is 2.25. The van der Waals surface area contributed by atoms with Crippen LogP contribution >= 0.6 is 0 Å². The van der Waals surface area contributed by atoms with E-state index >= 15 is 0 Å². The minimum Gasteiger partial charge on any atom is -0.454 e. The molecule has 2 heterocycles.